The Labute approximate surface area is 225 Å². The van der Waals surface area contributed by atoms with Crippen molar-refractivity contribution in [3.8, 4) is 11.5 Å². The molecule has 3 rings (SSSR count). The summed E-state index contributed by atoms with van der Waals surface area (Å²) in [6.45, 7) is 4.84. The third-order valence-electron chi connectivity index (χ3n) is 5.89. The molecule has 1 aliphatic heterocycles. The van der Waals surface area contributed by atoms with Crippen molar-refractivity contribution < 1.29 is 24.8 Å². The molecule has 0 saturated carbocycles. The Balaban J connectivity index is 1.55. The maximum absolute atomic E-state index is 10.5. The number of ether oxygens (including phenoxy) is 2. The lowest BCUT2D eigenvalue weighted by atomic mass is 9.78. The molecule has 192 valence electrons. The molecule has 2 aromatic rings. The quantitative estimate of drug-likeness (QED) is 0.164. The van der Waals surface area contributed by atoms with Gasteiger partial charge in [0.05, 0.1) is 24.7 Å². The lowest BCUT2D eigenvalue weighted by Crippen LogP contribution is -2.44. The highest BCUT2D eigenvalue weighted by molar-refractivity contribution is 14.1. The highest BCUT2D eigenvalue weighted by Crippen LogP contribution is 2.33. The van der Waals surface area contributed by atoms with Crippen LogP contribution in [-0.2, 0) is 5.41 Å². The molecule has 1 heterocycles. The van der Waals surface area contributed by atoms with Crippen LogP contribution in [0.4, 0.5) is 0 Å². The summed E-state index contributed by atoms with van der Waals surface area (Å²) in [4.78, 5) is 0. The maximum Gasteiger partial charge on any atom is 0.119 e. The summed E-state index contributed by atoms with van der Waals surface area (Å²) in [5.41, 5.74) is 5.75. The Hall–Kier alpha value is -1.76. The summed E-state index contributed by atoms with van der Waals surface area (Å²) in [6, 6.07) is 15.7. The monoisotopic (exact) mass is 617 g/mol. The summed E-state index contributed by atoms with van der Waals surface area (Å²) < 4.78 is 12.2. The topological polar surface area (TPSA) is 97.7 Å². The van der Waals surface area contributed by atoms with Crippen LogP contribution < -0.4 is 14.9 Å². The van der Waals surface area contributed by atoms with E-state index in [1.54, 1.807) is 5.12 Å². The second-order valence-corrected chi connectivity index (χ2v) is 10.2. The Kier molecular flexibility index (Phi) is 9.91. The van der Waals surface area contributed by atoms with Gasteiger partial charge in [0.2, 0.25) is 0 Å². The molecule has 0 bridgehead atoms. The first-order chi connectivity index (χ1) is 16.6. The van der Waals surface area contributed by atoms with Gasteiger partial charge in [-0.25, -0.2) is 0 Å². The predicted octanol–water partition coefficient (Wildman–Crippen LogP) is 2.99. The van der Waals surface area contributed by atoms with E-state index in [9.17, 15) is 15.3 Å². The van der Waals surface area contributed by atoms with Gasteiger partial charge in [0.1, 0.15) is 40.6 Å². The molecule has 0 unspecified atom stereocenters. The zero-order valence-electron chi connectivity index (χ0n) is 20.1. The number of aliphatic hydroxyl groups is 3. The lowest BCUT2D eigenvalue weighted by molar-refractivity contribution is -0.0163. The number of aliphatic hydroxyl groups excluding tert-OH is 3. The first-order valence-corrected chi connectivity index (χ1v) is 12.9. The second kappa shape index (κ2) is 12.5. The van der Waals surface area contributed by atoms with E-state index in [2.05, 4.69) is 41.9 Å². The number of nitrogens with one attached hydrogen (secondary N) is 1. The third-order valence-corrected chi connectivity index (χ3v) is 7.46. The van der Waals surface area contributed by atoms with E-state index >= 15 is 0 Å². The summed E-state index contributed by atoms with van der Waals surface area (Å²) >= 11 is 7.74. The van der Waals surface area contributed by atoms with Crippen molar-refractivity contribution in [2.45, 2.75) is 31.5 Å². The Morgan fingerprint density at radius 1 is 0.943 bits per heavy atom. The fourth-order valence-electron chi connectivity index (χ4n) is 3.68. The second-order valence-electron chi connectivity index (χ2n) is 8.90. The van der Waals surface area contributed by atoms with Crippen LogP contribution in [0.15, 0.2) is 57.9 Å². The minimum atomic E-state index is -0.718. The normalized spacial score (nSPS) is 16.3. The number of β-amino-alcohol motifs (C(OH)–C–C–N with tert-alkyl or cyclic N) is 1. The molecule has 2 aromatic carbocycles. The molecule has 0 spiro atoms. The van der Waals surface area contributed by atoms with Crippen LogP contribution in [-0.4, -0.2) is 76.9 Å². The smallest absolute Gasteiger partial charge is 0.119 e. The first kappa shape index (κ1) is 27.8. The van der Waals surface area contributed by atoms with Gasteiger partial charge in [-0.15, -0.1) is 16.7 Å². The van der Waals surface area contributed by atoms with Gasteiger partial charge in [-0.3, -0.25) is 5.01 Å². The minimum Gasteiger partial charge on any atom is -0.491 e. The van der Waals surface area contributed by atoms with Crippen molar-refractivity contribution >= 4 is 34.2 Å². The average molecular weight is 618 g/mol. The van der Waals surface area contributed by atoms with Gasteiger partial charge in [0.15, 0.2) is 0 Å². The number of rotatable bonds is 12. The van der Waals surface area contributed by atoms with E-state index in [1.165, 1.54) is 0 Å². The van der Waals surface area contributed by atoms with E-state index in [0.29, 0.717) is 23.7 Å². The standard InChI is InChI=1S/C25H33ClIN3O5/c1-25(2,17-4-8-21(9-5-17)34-15-19(32)12-26)18-6-10-22(11-7-18)35-16-20(33)13-30-24(27)23(14-31)28-29(30)3/h4-11,19-20,28,31-33H,12-16H2,1-3H3/t19-,20+/m0/s1. The molecule has 10 heteroatoms. The zero-order valence-corrected chi connectivity index (χ0v) is 23.0. The molecular formula is C25H33ClIN3O5. The van der Waals surface area contributed by atoms with E-state index in [-0.39, 0.29) is 31.1 Å². The molecular weight excluding hydrogens is 585 g/mol. The molecule has 0 saturated heterocycles. The summed E-state index contributed by atoms with van der Waals surface area (Å²) in [5.74, 6) is 1.50. The van der Waals surface area contributed by atoms with Crippen molar-refractivity contribution in [1.82, 2.24) is 15.6 Å². The van der Waals surface area contributed by atoms with Crippen LogP contribution in [0, 0.1) is 0 Å². The Morgan fingerprint density at radius 2 is 1.43 bits per heavy atom. The number of alkyl halides is 1. The third kappa shape index (κ3) is 7.14. The number of hydrogen-bond donors (Lipinski definition) is 4. The fraction of sp³-hybridized carbons (Fsp3) is 0.440. The van der Waals surface area contributed by atoms with Gasteiger partial charge in [0, 0.05) is 12.5 Å². The van der Waals surface area contributed by atoms with E-state index < -0.39 is 12.2 Å². The highest BCUT2D eigenvalue weighted by atomic mass is 127. The SMILES string of the molecule is CN1NC(CO)=C(I)N1C[C@@H](O)COc1ccc(C(C)(C)c2ccc(OC[C@@H](O)CCl)cc2)cc1. The minimum absolute atomic E-state index is 0.0922. The summed E-state index contributed by atoms with van der Waals surface area (Å²) in [6.07, 6.45) is -1.41. The number of halogens is 2. The van der Waals surface area contributed by atoms with Crippen LogP contribution in [0.5, 0.6) is 11.5 Å². The number of benzene rings is 2. The van der Waals surface area contributed by atoms with Crippen molar-refractivity contribution in [3.05, 3.63) is 69.1 Å². The van der Waals surface area contributed by atoms with Crippen LogP contribution >= 0.6 is 34.2 Å². The molecule has 0 amide bonds. The van der Waals surface area contributed by atoms with Crippen molar-refractivity contribution in [3.63, 3.8) is 0 Å². The molecule has 0 aromatic heterocycles. The summed E-state index contributed by atoms with van der Waals surface area (Å²) in [5, 5.41) is 33.0. The van der Waals surface area contributed by atoms with Crippen molar-refractivity contribution in [2.75, 3.05) is 39.3 Å². The summed E-state index contributed by atoms with van der Waals surface area (Å²) in [7, 11) is 1.82. The number of hydrazine groups is 2. The zero-order chi connectivity index (χ0) is 25.6. The molecule has 2 atom stereocenters. The maximum atomic E-state index is 10.5. The Morgan fingerprint density at radius 3 is 1.86 bits per heavy atom. The number of hydrogen-bond acceptors (Lipinski definition) is 8. The number of nitrogens with zero attached hydrogens (tertiary/aromatic N) is 2. The van der Waals surface area contributed by atoms with Gasteiger partial charge < -0.3 is 30.2 Å². The van der Waals surface area contributed by atoms with E-state index in [0.717, 1.165) is 14.8 Å². The molecule has 0 aliphatic carbocycles. The first-order valence-electron chi connectivity index (χ1n) is 11.3. The molecule has 0 fully saturated rings. The van der Waals surface area contributed by atoms with Gasteiger partial charge >= 0.3 is 0 Å². The van der Waals surface area contributed by atoms with Crippen LogP contribution in [0.1, 0.15) is 25.0 Å². The van der Waals surface area contributed by atoms with E-state index in [1.807, 2.05) is 60.6 Å². The van der Waals surface area contributed by atoms with Gasteiger partial charge in [0.25, 0.3) is 0 Å². The van der Waals surface area contributed by atoms with Crippen molar-refractivity contribution in [2.24, 2.45) is 0 Å². The van der Waals surface area contributed by atoms with Crippen molar-refractivity contribution in [1.29, 1.82) is 0 Å². The fourth-order valence-corrected chi connectivity index (χ4v) is 4.58. The predicted molar refractivity (Wildman–Crippen MR) is 144 cm³/mol. The van der Waals surface area contributed by atoms with Gasteiger partial charge in [-0.2, -0.15) is 0 Å². The van der Waals surface area contributed by atoms with Gasteiger partial charge in [-0.1, -0.05) is 38.1 Å². The molecule has 0 radical (unpaired) electrons. The van der Waals surface area contributed by atoms with Crippen LogP contribution in [0.2, 0.25) is 0 Å². The molecule has 4 N–H and O–H groups in total. The Bertz CT molecular complexity index is 988. The lowest BCUT2D eigenvalue weighted by Gasteiger charge is -2.28. The van der Waals surface area contributed by atoms with E-state index in [4.69, 9.17) is 21.1 Å². The van der Waals surface area contributed by atoms with Crippen LogP contribution in [0.3, 0.4) is 0 Å². The highest BCUT2D eigenvalue weighted by Gasteiger charge is 2.27. The molecule has 35 heavy (non-hydrogen) atoms. The average Bonchev–Trinajstić information content (AvgIpc) is 3.14. The van der Waals surface area contributed by atoms with Crippen LogP contribution in [0.25, 0.3) is 0 Å². The molecule has 8 nitrogen and oxygen atoms in total. The van der Waals surface area contributed by atoms with Gasteiger partial charge in [-0.05, 0) is 58.0 Å². The molecule has 1 aliphatic rings. The largest absolute Gasteiger partial charge is 0.491 e.